The molecule has 2 rings (SSSR count). The minimum atomic E-state index is -0.317. The number of rotatable bonds is 4. The number of ether oxygens (including phenoxy) is 1. The van der Waals surface area contributed by atoms with E-state index in [1.54, 1.807) is 30.3 Å². The van der Waals surface area contributed by atoms with Crippen LogP contribution in [0.15, 0.2) is 36.4 Å². The number of carbonyl (C=O) groups is 2. The Morgan fingerprint density at radius 2 is 1.91 bits per heavy atom. The van der Waals surface area contributed by atoms with Crippen LogP contribution in [0.2, 0.25) is 0 Å². The number of aromatic nitrogens is 1. The van der Waals surface area contributed by atoms with Crippen molar-refractivity contribution in [2.75, 3.05) is 17.7 Å². The van der Waals surface area contributed by atoms with Crippen LogP contribution in [0.25, 0.3) is 0 Å². The molecule has 0 aliphatic rings. The maximum Gasteiger partial charge on any atom is 0.274 e. The topological polar surface area (TPSA) is 80.3 Å². The molecule has 22 heavy (non-hydrogen) atoms. The van der Waals surface area contributed by atoms with Gasteiger partial charge in [0.15, 0.2) is 0 Å². The van der Waals surface area contributed by atoms with Gasteiger partial charge >= 0.3 is 0 Å². The lowest BCUT2D eigenvalue weighted by atomic mass is 10.2. The van der Waals surface area contributed by atoms with Crippen LogP contribution in [0.1, 0.15) is 23.1 Å². The number of nitrogens with zero attached hydrogens (tertiary/aromatic N) is 1. The summed E-state index contributed by atoms with van der Waals surface area (Å²) in [4.78, 5) is 27.5. The zero-order valence-corrected chi connectivity index (χ0v) is 12.6. The Labute approximate surface area is 128 Å². The zero-order chi connectivity index (χ0) is 16.1. The molecule has 114 valence electrons. The van der Waals surface area contributed by atoms with Crippen LogP contribution in [0.3, 0.4) is 0 Å². The van der Waals surface area contributed by atoms with Crippen molar-refractivity contribution < 1.29 is 14.3 Å². The molecule has 1 aromatic heterocycles. The number of amides is 2. The predicted molar refractivity (Wildman–Crippen MR) is 84.2 cm³/mol. The van der Waals surface area contributed by atoms with Crippen LogP contribution < -0.4 is 15.4 Å². The Kier molecular flexibility index (Phi) is 4.73. The number of pyridine rings is 1. The normalized spacial score (nSPS) is 9.95. The van der Waals surface area contributed by atoms with Gasteiger partial charge < -0.3 is 15.4 Å². The van der Waals surface area contributed by atoms with Crippen molar-refractivity contribution in [1.29, 1.82) is 0 Å². The van der Waals surface area contributed by atoms with E-state index < -0.39 is 0 Å². The molecule has 0 unspecified atom stereocenters. The van der Waals surface area contributed by atoms with Gasteiger partial charge in [-0.3, -0.25) is 9.59 Å². The third-order valence-electron chi connectivity index (χ3n) is 2.89. The van der Waals surface area contributed by atoms with Crippen LogP contribution in [0.5, 0.6) is 5.75 Å². The number of nitrogens with one attached hydrogen (secondary N) is 2. The molecular weight excluding hydrogens is 282 g/mol. The first kappa shape index (κ1) is 15.5. The van der Waals surface area contributed by atoms with Gasteiger partial charge in [-0.2, -0.15) is 0 Å². The van der Waals surface area contributed by atoms with E-state index >= 15 is 0 Å². The Hall–Kier alpha value is -2.89. The standard InChI is InChI=1S/C16H17N3O3/c1-10-5-4-6-13(17-10)16(21)19-12-7-8-15(22-3)14(9-12)18-11(2)20/h4-9H,1-3H3,(H,18,20)(H,19,21). The molecule has 0 radical (unpaired) electrons. The molecule has 1 heterocycles. The molecule has 0 fully saturated rings. The second-order valence-corrected chi connectivity index (χ2v) is 4.71. The molecule has 1 aromatic carbocycles. The summed E-state index contributed by atoms with van der Waals surface area (Å²) in [5.74, 6) is -0.0216. The summed E-state index contributed by atoms with van der Waals surface area (Å²) in [7, 11) is 1.51. The van der Waals surface area contributed by atoms with E-state index in [0.29, 0.717) is 22.8 Å². The quantitative estimate of drug-likeness (QED) is 0.909. The summed E-state index contributed by atoms with van der Waals surface area (Å²) < 4.78 is 5.17. The van der Waals surface area contributed by atoms with E-state index in [-0.39, 0.29) is 11.8 Å². The van der Waals surface area contributed by atoms with Gasteiger partial charge in [-0.15, -0.1) is 0 Å². The van der Waals surface area contributed by atoms with Gasteiger partial charge in [-0.05, 0) is 37.3 Å². The van der Waals surface area contributed by atoms with Crippen molar-refractivity contribution in [2.24, 2.45) is 0 Å². The number of methoxy groups -OCH3 is 1. The second kappa shape index (κ2) is 6.71. The summed E-state index contributed by atoms with van der Waals surface area (Å²) in [6, 6.07) is 10.2. The lowest BCUT2D eigenvalue weighted by Crippen LogP contribution is -2.14. The largest absolute Gasteiger partial charge is 0.495 e. The molecule has 6 heteroatoms. The monoisotopic (exact) mass is 299 g/mol. The maximum absolute atomic E-state index is 12.2. The Bertz CT molecular complexity index is 714. The van der Waals surface area contributed by atoms with E-state index in [9.17, 15) is 9.59 Å². The highest BCUT2D eigenvalue weighted by Gasteiger charge is 2.10. The molecule has 0 saturated heterocycles. The molecule has 0 aliphatic heterocycles. The van der Waals surface area contributed by atoms with Crippen molar-refractivity contribution in [1.82, 2.24) is 4.98 Å². The van der Waals surface area contributed by atoms with E-state index in [2.05, 4.69) is 15.6 Å². The van der Waals surface area contributed by atoms with Gasteiger partial charge in [0.1, 0.15) is 11.4 Å². The lowest BCUT2D eigenvalue weighted by molar-refractivity contribution is -0.114. The summed E-state index contributed by atoms with van der Waals surface area (Å²) in [6.45, 7) is 3.22. The summed E-state index contributed by atoms with van der Waals surface area (Å²) in [5.41, 5.74) is 2.13. The number of carbonyl (C=O) groups excluding carboxylic acids is 2. The van der Waals surface area contributed by atoms with Crippen LogP contribution in [-0.2, 0) is 4.79 Å². The Morgan fingerprint density at radius 3 is 2.55 bits per heavy atom. The SMILES string of the molecule is COc1ccc(NC(=O)c2cccc(C)n2)cc1NC(C)=O. The fourth-order valence-electron chi connectivity index (χ4n) is 1.94. The number of anilines is 2. The molecule has 0 spiro atoms. The molecule has 2 aromatic rings. The van der Waals surface area contributed by atoms with Crippen LogP contribution in [0.4, 0.5) is 11.4 Å². The molecule has 0 atom stereocenters. The highest BCUT2D eigenvalue weighted by molar-refractivity contribution is 6.03. The van der Waals surface area contributed by atoms with Gasteiger partial charge in [0.25, 0.3) is 5.91 Å². The first-order chi connectivity index (χ1) is 10.5. The predicted octanol–water partition coefficient (Wildman–Crippen LogP) is 2.61. The van der Waals surface area contributed by atoms with Crippen molar-refractivity contribution in [3.8, 4) is 5.75 Å². The van der Waals surface area contributed by atoms with Crippen molar-refractivity contribution in [3.05, 3.63) is 47.8 Å². The average Bonchev–Trinajstić information content (AvgIpc) is 2.47. The lowest BCUT2D eigenvalue weighted by Gasteiger charge is -2.12. The average molecular weight is 299 g/mol. The van der Waals surface area contributed by atoms with E-state index in [1.165, 1.54) is 14.0 Å². The first-order valence-corrected chi connectivity index (χ1v) is 6.70. The van der Waals surface area contributed by atoms with E-state index in [4.69, 9.17) is 4.74 Å². The highest BCUT2D eigenvalue weighted by Crippen LogP contribution is 2.28. The molecule has 6 nitrogen and oxygen atoms in total. The van der Waals surface area contributed by atoms with Gasteiger partial charge in [0, 0.05) is 18.3 Å². The molecule has 0 aliphatic carbocycles. The molecule has 2 N–H and O–H groups in total. The van der Waals surface area contributed by atoms with Crippen molar-refractivity contribution in [2.45, 2.75) is 13.8 Å². The smallest absolute Gasteiger partial charge is 0.274 e. The van der Waals surface area contributed by atoms with Crippen LogP contribution in [0, 0.1) is 6.92 Å². The third-order valence-corrected chi connectivity index (χ3v) is 2.89. The molecule has 2 amide bonds. The Balaban J connectivity index is 2.22. The minimum absolute atomic E-state index is 0.220. The fraction of sp³-hybridized carbons (Fsp3) is 0.188. The van der Waals surface area contributed by atoms with Gasteiger partial charge in [-0.1, -0.05) is 6.07 Å². The minimum Gasteiger partial charge on any atom is -0.495 e. The number of hydrogen-bond acceptors (Lipinski definition) is 4. The summed E-state index contributed by atoms with van der Waals surface area (Å²) in [6.07, 6.45) is 0. The maximum atomic E-state index is 12.2. The summed E-state index contributed by atoms with van der Waals surface area (Å²) in [5, 5.41) is 5.40. The fourth-order valence-corrected chi connectivity index (χ4v) is 1.94. The van der Waals surface area contributed by atoms with Gasteiger partial charge in [0.05, 0.1) is 12.8 Å². The highest BCUT2D eigenvalue weighted by atomic mass is 16.5. The zero-order valence-electron chi connectivity index (χ0n) is 12.6. The van der Waals surface area contributed by atoms with Crippen molar-refractivity contribution in [3.63, 3.8) is 0 Å². The van der Waals surface area contributed by atoms with E-state index in [0.717, 1.165) is 5.69 Å². The van der Waals surface area contributed by atoms with Crippen LogP contribution >= 0.6 is 0 Å². The molecule has 0 bridgehead atoms. The molecule has 0 saturated carbocycles. The number of hydrogen-bond donors (Lipinski definition) is 2. The molecular formula is C16H17N3O3. The van der Waals surface area contributed by atoms with Crippen LogP contribution in [-0.4, -0.2) is 23.9 Å². The van der Waals surface area contributed by atoms with Gasteiger partial charge in [-0.25, -0.2) is 4.98 Å². The van der Waals surface area contributed by atoms with E-state index in [1.807, 2.05) is 13.0 Å². The number of aryl methyl sites for hydroxylation is 1. The Morgan fingerprint density at radius 1 is 1.14 bits per heavy atom. The second-order valence-electron chi connectivity index (χ2n) is 4.71. The number of benzene rings is 1. The van der Waals surface area contributed by atoms with Crippen molar-refractivity contribution >= 4 is 23.2 Å². The summed E-state index contributed by atoms with van der Waals surface area (Å²) >= 11 is 0. The van der Waals surface area contributed by atoms with Gasteiger partial charge in [0.2, 0.25) is 5.91 Å². The third kappa shape index (κ3) is 3.82. The first-order valence-electron chi connectivity index (χ1n) is 6.70.